The first-order valence-corrected chi connectivity index (χ1v) is 4.20. The average Bonchev–Trinajstić information content (AvgIpc) is 2.22. The molecule has 0 aliphatic rings. The van der Waals surface area contributed by atoms with Crippen molar-refractivity contribution in [2.24, 2.45) is 0 Å². The summed E-state index contributed by atoms with van der Waals surface area (Å²) < 4.78 is 17.3. The Hall–Kier alpha value is -1.80. The topological polar surface area (TPSA) is 62.1 Å². The maximum atomic E-state index is 13.0. The number of hydrogen-bond donors (Lipinski definition) is 1. The second-order valence-electron chi connectivity index (χ2n) is 2.54. The largest absolute Gasteiger partial charge is 0.453 e. The van der Waals surface area contributed by atoms with E-state index in [1.807, 2.05) is 0 Å². The lowest BCUT2D eigenvalue weighted by Crippen LogP contribution is -2.12. The van der Waals surface area contributed by atoms with Crippen molar-refractivity contribution in [1.82, 2.24) is 0 Å². The summed E-state index contributed by atoms with van der Waals surface area (Å²) >= 11 is 5.46. The highest BCUT2D eigenvalue weighted by atomic mass is 35.5. The van der Waals surface area contributed by atoms with Crippen molar-refractivity contribution in [3.05, 3.63) is 28.5 Å². The molecule has 0 aromatic heterocycles. The lowest BCUT2D eigenvalue weighted by Gasteiger charge is -2.06. The van der Waals surface area contributed by atoms with E-state index in [1.165, 1.54) is 0 Å². The van der Waals surface area contributed by atoms with E-state index in [9.17, 15) is 9.18 Å². The molecule has 78 valence electrons. The van der Waals surface area contributed by atoms with Gasteiger partial charge in [0.05, 0.1) is 23.4 Å². The van der Waals surface area contributed by atoms with E-state index in [-0.39, 0.29) is 16.3 Å². The molecular weight excluding hydrogens is 223 g/mol. The molecule has 1 aromatic rings. The molecule has 0 bridgehead atoms. The van der Waals surface area contributed by atoms with Crippen molar-refractivity contribution < 1.29 is 13.9 Å². The Morgan fingerprint density at radius 2 is 2.33 bits per heavy atom. The molecule has 1 N–H and O–H groups in total. The van der Waals surface area contributed by atoms with Crippen LogP contribution in [0.2, 0.25) is 5.02 Å². The number of methoxy groups -OCH3 is 1. The number of carbonyl (C=O) groups is 1. The number of ether oxygens (including phenoxy) is 1. The first-order chi connectivity index (χ1) is 7.08. The van der Waals surface area contributed by atoms with Gasteiger partial charge in [-0.1, -0.05) is 11.6 Å². The van der Waals surface area contributed by atoms with Crippen LogP contribution in [-0.4, -0.2) is 13.2 Å². The van der Waals surface area contributed by atoms with Gasteiger partial charge in [-0.25, -0.2) is 9.18 Å². The molecule has 0 saturated carbocycles. The number of nitrogens with one attached hydrogen (secondary N) is 1. The Morgan fingerprint density at radius 1 is 1.67 bits per heavy atom. The van der Waals surface area contributed by atoms with Crippen molar-refractivity contribution in [2.45, 2.75) is 0 Å². The first kappa shape index (κ1) is 11.3. The van der Waals surface area contributed by atoms with Gasteiger partial charge >= 0.3 is 6.09 Å². The van der Waals surface area contributed by atoms with Crippen LogP contribution in [0, 0.1) is 17.1 Å². The molecule has 0 unspecified atom stereocenters. The third kappa shape index (κ3) is 2.58. The number of halogens is 2. The van der Waals surface area contributed by atoms with Crippen LogP contribution in [0.3, 0.4) is 0 Å². The fourth-order valence-corrected chi connectivity index (χ4v) is 1.07. The zero-order chi connectivity index (χ0) is 11.4. The van der Waals surface area contributed by atoms with Crippen molar-refractivity contribution in [3.8, 4) is 6.07 Å². The normalized spacial score (nSPS) is 9.20. The molecule has 1 rings (SSSR count). The van der Waals surface area contributed by atoms with E-state index in [2.05, 4.69) is 10.1 Å². The summed E-state index contributed by atoms with van der Waals surface area (Å²) in [5.41, 5.74) is 0.0815. The second kappa shape index (κ2) is 4.62. The summed E-state index contributed by atoms with van der Waals surface area (Å²) in [5, 5.41) is 10.7. The molecule has 4 nitrogen and oxygen atoms in total. The standard InChI is InChI=1S/C9H6ClFN2O2/c1-15-9(14)13-8-3-7(11)6(10)2-5(8)4-12/h2-3H,1H3,(H,13,14). The molecule has 0 aliphatic carbocycles. The Bertz CT molecular complexity index is 442. The fourth-order valence-electron chi connectivity index (χ4n) is 0.904. The van der Waals surface area contributed by atoms with Crippen molar-refractivity contribution in [2.75, 3.05) is 12.4 Å². The summed E-state index contributed by atoms with van der Waals surface area (Å²) in [6, 6.07) is 3.85. The molecule has 0 aliphatic heterocycles. The summed E-state index contributed by atoms with van der Waals surface area (Å²) in [4.78, 5) is 10.8. The van der Waals surface area contributed by atoms with Gasteiger partial charge in [0.15, 0.2) is 0 Å². The van der Waals surface area contributed by atoms with Crippen LogP contribution < -0.4 is 5.32 Å². The number of benzene rings is 1. The molecule has 0 heterocycles. The van der Waals surface area contributed by atoms with E-state index in [4.69, 9.17) is 16.9 Å². The van der Waals surface area contributed by atoms with Gasteiger partial charge < -0.3 is 4.74 Å². The number of rotatable bonds is 1. The number of amides is 1. The van der Waals surface area contributed by atoms with Gasteiger partial charge in [0.25, 0.3) is 0 Å². The zero-order valence-electron chi connectivity index (χ0n) is 7.67. The fraction of sp³-hybridized carbons (Fsp3) is 0.111. The van der Waals surface area contributed by atoms with Gasteiger partial charge in [0.2, 0.25) is 0 Å². The zero-order valence-corrected chi connectivity index (χ0v) is 8.43. The van der Waals surface area contributed by atoms with E-state index in [0.29, 0.717) is 0 Å². The Kier molecular flexibility index (Phi) is 3.47. The molecule has 15 heavy (non-hydrogen) atoms. The van der Waals surface area contributed by atoms with E-state index in [1.54, 1.807) is 6.07 Å². The smallest absolute Gasteiger partial charge is 0.411 e. The number of anilines is 1. The van der Waals surface area contributed by atoms with Crippen LogP contribution in [-0.2, 0) is 4.74 Å². The lowest BCUT2D eigenvalue weighted by atomic mass is 10.2. The van der Waals surface area contributed by atoms with Crippen LogP contribution >= 0.6 is 11.6 Å². The van der Waals surface area contributed by atoms with Gasteiger partial charge in [-0.2, -0.15) is 5.26 Å². The van der Waals surface area contributed by atoms with Crippen LogP contribution in [0.5, 0.6) is 0 Å². The number of hydrogen-bond acceptors (Lipinski definition) is 3. The number of nitrogens with zero attached hydrogens (tertiary/aromatic N) is 1. The van der Waals surface area contributed by atoms with E-state index < -0.39 is 11.9 Å². The Morgan fingerprint density at radius 3 is 2.87 bits per heavy atom. The van der Waals surface area contributed by atoms with Crippen LogP contribution in [0.25, 0.3) is 0 Å². The van der Waals surface area contributed by atoms with Crippen molar-refractivity contribution in [1.29, 1.82) is 5.26 Å². The maximum absolute atomic E-state index is 13.0. The van der Waals surface area contributed by atoms with Gasteiger partial charge in [0.1, 0.15) is 11.9 Å². The Balaban J connectivity index is 3.12. The van der Waals surface area contributed by atoms with Crippen molar-refractivity contribution >= 4 is 23.4 Å². The number of carbonyl (C=O) groups excluding carboxylic acids is 1. The minimum Gasteiger partial charge on any atom is -0.453 e. The van der Waals surface area contributed by atoms with Gasteiger partial charge in [-0.3, -0.25) is 5.32 Å². The summed E-state index contributed by atoms with van der Waals surface area (Å²) in [5.74, 6) is -0.720. The highest BCUT2D eigenvalue weighted by molar-refractivity contribution is 6.31. The van der Waals surface area contributed by atoms with Gasteiger partial charge in [-0.05, 0) is 6.07 Å². The van der Waals surface area contributed by atoms with Crippen LogP contribution in [0.15, 0.2) is 12.1 Å². The highest BCUT2D eigenvalue weighted by Gasteiger charge is 2.10. The first-order valence-electron chi connectivity index (χ1n) is 3.82. The molecule has 0 fully saturated rings. The van der Waals surface area contributed by atoms with E-state index >= 15 is 0 Å². The third-order valence-electron chi connectivity index (χ3n) is 1.60. The lowest BCUT2D eigenvalue weighted by molar-refractivity contribution is 0.187. The third-order valence-corrected chi connectivity index (χ3v) is 1.89. The molecule has 0 radical (unpaired) electrons. The van der Waals surface area contributed by atoms with Crippen molar-refractivity contribution in [3.63, 3.8) is 0 Å². The summed E-state index contributed by atoms with van der Waals surface area (Å²) in [6.07, 6.45) is -0.784. The summed E-state index contributed by atoms with van der Waals surface area (Å²) in [6.45, 7) is 0. The molecule has 0 spiro atoms. The quantitative estimate of drug-likeness (QED) is 0.803. The van der Waals surface area contributed by atoms with Crippen LogP contribution in [0.4, 0.5) is 14.9 Å². The molecule has 1 aromatic carbocycles. The van der Waals surface area contributed by atoms with Crippen LogP contribution in [0.1, 0.15) is 5.56 Å². The molecule has 1 amide bonds. The minimum absolute atomic E-state index is 0.0197. The monoisotopic (exact) mass is 228 g/mol. The summed E-state index contributed by atoms with van der Waals surface area (Å²) in [7, 11) is 1.16. The predicted molar refractivity (Wildman–Crippen MR) is 52.2 cm³/mol. The SMILES string of the molecule is COC(=O)Nc1cc(F)c(Cl)cc1C#N. The second-order valence-corrected chi connectivity index (χ2v) is 2.95. The molecular formula is C9H6ClFN2O2. The molecule has 0 saturated heterocycles. The average molecular weight is 229 g/mol. The highest BCUT2D eigenvalue weighted by Crippen LogP contribution is 2.23. The number of nitriles is 1. The minimum atomic E-state index is -0.784. The molecule has 6 heteroatoms. The molecule has 0 atom stereocenters. The van der Waals surface area contributed by atoms with Gasteiger partial charge in [-0.15, -0.1) is 0 Å². The maximum Gasteiger partial charge on any atom is 0.411 e. The van der Waals surface area contributed by atoms with Gasteiger partial charge in [0, 0.05) is 6.07 Å². The van der Waals surface area contributed by atoms with E-state index in [0.717, 1.165) is 19.2 Å². The predicted octanol–water partition coefficient (Wildman–Crippen LogP) is 2.53. The Labute approximate surface area is 90.2 Å².